The molecule has 94 valence electrons. The second kappa shape index (κ2) is 5.75. The minimum atomic E-state index is -0.698. The van der Waals surface area contributed by atoms with Crippen molar-refractivity contribution in [3.05, 3.63) is 23.5 Å². The zero-order valence-corrected chi connectivity index (χ0v) is 11.7. The van der Waals surface area contributed by atoms with Crippen LogP contribution in [0.1, 0.15) is 19.0 Å². The Bertz CT molecular complexity index is 477. The summed E-state index contributed by atoms with van der Waals surface area (Å²) in [5.41, 5.74) is 1.06. The van der Waals surface area contributed by atoms with Crippen LogP contribution < -0.4 is 5.32 Å². The van der Waals surface area contributed by atoms with Crippen LogP contribution >= 0.6 is 11.3 Å². The molecule has 0 aliphatic heterocycles. The summed E-state index contributed by atoms with van der Waals surface area (Å²) in [6.45, 7) is 2.89. The zero-order chi connectivity index (χ0) is 12.3. The molecule has 2 aromatic heterocycles. The van der Waals surface area contributed by atoms with E-state index in [2.05, 4.69) is 17.2 Å². The summed E-state index contributed by atoms with van der Waals surface area (Å²) >= 11 is 1.64. The third-order valence-electron chi connectivity index (χ3n) is 2.61. The first-order chi connectivity index (χ1) is 8.15. The third-order valence-corrected chi connectivity index (χ3v) is 4.19. The van der Waals surface area contributed by atoms with E-state index in [-0.39, 0.29) is 0 Å². The van der Waals surface area contributed by atoms with Gasteiger partial charge in [0.2, 0.25) is 0 Å². The van der Waals surface area contributed by atoms with E-state index in [0.29, 0.717) is 6.04 Å². The maximum Gasteiger partial charge on any atom is 0.193 e. The molecule has 4 nitrogen and oxygen atoms in total. The predicted molar refractivity (Wildman–Crippen MR) is 72.9 cm³/mol. The summed E-state index contributed by atoms with van der Waals surface area (Å²) in [5, 5.41) is 5.43. The van der Waals surface area contributed by atoms with Crippen LogP contribution in [-0.2, 0) is 17.3 Å². The molecule has 0 amide bonds. The summed E-state index contributed by atoms with van der Waals surface area (Å²) in [4.78, 5) is 5.53. The minimum absolute atomic E-state index is 0.374. The number of rotatable bonds is 6. The van der Waals surface area contributed by atoms with Gasteiger partial charge in [0.1, 0.15) is 0 Å². The molecular weight excluding hydrogens is 254 g/mol. The molecule has 1 N–H and O–H groups in total. The van der Waals surface area contributed by atoms with Gasteiger partial charge >= 0.3 is 0 Å². The lowest BCUT2D eigenvalue weighted by Crippen LogP contribution is -2.27. The van der Waals surface area contributed by atoms with Gasteiger partial charge in [0.25, 0.3) is 0 Å². The minimum Gasteiger partial charge on any atom is -0.309 e. The third kappa shape index (κ3) is 3.62. The Hall–Kier alpha value is -0.720. The summed E-state index contributed by atoms with van der Waals surface area (Å²) in [7, 11) is -0.698. The van der Waals surface area contributed by atoms with Gasteiger partial charge < -0.3 is 5.32 Å². The van der Waals surface area contributed by atoms with Crippen molar-refractivity contribution in [2.24, 2.45) is 0 Å². The Morgan fingerprint density at radius 3 is 3.18 bits per heavy atom. The van der Waals surface area contributed by atoms with E-state index in [1.54, 1.807) is 17.6 Å². The van der Waals surface area contributed by atoms with Crippen molar-refractivity contribution in [3.63, 3.8) is 0 Å². The second-order valence-electron chi connectivity index (χ2n) is 4.17. The lowest BCUT2D eigenvalue weighted by molar-refractivity contribution is 0.531. The van der Waals surface area contributed by atoms with E-state index in [9.17, 15) is 4.21 Å². The van der Waals surface area contributed by atoms with Gasteiger partial charge in [-0.25, -0.2) is 4.98 Å². The molecule has 2 heterocycles. The highest BCUT2D eigenvalue weighted by Gasteiger charge is 2.05. The lowest BCUT2D eigenvalue weighted by atomic mass is 10.2. The topological polar surface area (TPSA) is 46.4 Å². The fraction of sp³-hybridized carbons (Fsp3) is 0.545. The van der Waals surface area contributed by atoms with Gasteiger partial charge in [-0.1, -0.05) is 0 Å². The van der Waals surface area contributed by atoms with Gasteiger partial charge in [0.15, 0.2) is 4.96 Å². The maximum atomic E-state index is 11.0. The van der Waals surface area contributed by atoms with Crippen LogP contribution in [0, 0.1) is 0 Å². The van der Waals surface area contributed by atoms with Crippen LogP contribution in [0.3, 0.4) is 0 Å². The molecule has 2 unspecified atom stereocenters. The molecule has 0 saturated heterocycles. The lowest BCUT2D eigenvalue weighted by Gasteiger charge is -2.11. The molecule has 2 atom stereocenters. The standard InChI is InChI=1S/C11H17N3OS2/c1-9(3-6-17(2)15)12-7-10-8-14-4-5-16-11(14)13-10/h4-5,8-9,12H,3,6-7H2,1-2H3. The van der Waals surface area contributed by atoms with E-state index in [1.165, 1.54) is 0 Å². The maximum absolute atomic E-state index is 11.0. The first kappa shape index (κ1) is 12.7. The summed E-state index contributed by atoms with van der Waals surface area (Å²) in [6.07, 6.45) is 6.74. The summed E-state index contributed by atoms with van der Waals surface area (Å²) in [6, 6.07) is 0.374. The number of nitrogens with one attached hydrogen (secondary N) is 1. The highest BCUT2D eigenvalue weighted by atomic mass is 32.2. The zero-order valence-electron chi connectivity index (χ0n) is 10.0. The monoisotopic (exact) mass is 271 g/mol. The SMILES string of the molecule is CC(CCS(C)=O)NCc1cn2ccsc2n1. The molecule has 6 heteroatoms. The van der Waals surface area contributed by atoms with Gasteiger partial charge in [0, 0.05) is 53.2 Å². The van der Waals surface area contributed by atoms with Gasteiger partial charge in [-0.15, -0.1) is 11.3 Å². The molecule has 0 aromatic carbocycles. The molecule has 0 aliphatic carbocycles. The van der Waals surface area contributed by atoms with Crippen molar-refractivity contribution < 1.29 is 4.21 Å². The molecule has 2 aromatic rings. The van der Waals surface area contributed by atoms with Crippen LogP contribution in [0.2, 0.25) is 0 Å². The Labute approximate surface area is 108 Å². The van der Waals surface area contributed by atoms with Gasteiger partial charge in [-0.3, -0.25) is 8.61 Å². The molecule has 0 fully saturated rings. The molecular formula is C11H17N3OS2. The number of nitrogens with zero attached hydrogens (tertiary/aromatic N) is 2. The van der Waals surface area contributed by atoms with Gasteiger partial charge in [-0.05, 0) is 13.3 Å². The molecule has 2 rings (SSSR count). The average molecular weight is 271 g/mol. The van der Waals surface area contributed by atoms with Crippen molar-refractivity contribution in [2.75, 3.05) is 12.0 Å². The van der Waals surface area contributed by atoms with Crippen molar-refractivity contribution in [1.29, 1.82) is 0 Å². The van der Waals surface area contributed by atoms with Crippen molar-refractivity contribution in [1.82, 2.24) is 14.7 Å². The quantitative estimate of drug-likeness (QED) is 0.869. The predicted octanol–water partition coefficient (Wildman–Crippen LogP) is 1.64. The van der Waals surface area contributed by atoms with Crippen molar-refractivity contribution >= 4 is 27.1 Å². The van der Waals surface area contributed by atoms with Gasteiger partial charge in [0.05, 0.1) is 5.69 Å². The van der Waals surface area contributed by atoms with Gasteiger partial charge in [-0.2, -0.15) is 0 Å². The molecule has 17 heavy (non-hydrogen) atoms. The van der Waals surface area contributed by atoms with E-state index < -0.39 is 10.8 Å². The number of thiazole rings is 1. The molecule has 0 aliphatic rings. The van der Waals surface area contributed by atoms with E-state index in [1.807, 2.05) is 22.2 Å². The number of fused-ring (bicyclic) bond motifs is 1. The number of hydrogen-bond donors (Lipinski definition) is 1. The highest BCUT2D eigenvalue weighted by molar-refractivity contribution is 7.84. The first-order valence-electron chi connectivity index (χ1n) is 5.59. The largest absolute Gasteiger partial charge is 0.309 e. The summed E-state index contributed by atoms with van der Waals surface area (Å²) in [5.74, 6) is 0.756. The molecule has 0 bridgehead atoms. The Kier molecular flexibility index (Phi) is 4.31. The van der Waals surface area contributed by atoms with Crippen LogP contribution in [0.25, 0.3) is 4.96 Å². The fourth-order valence-electron chi connectivity index (χ4n) is 1.58. The summed E-state index contributed by atoms with van der Waals surface area (Å²) < 4.78 is 13.0. The smallest absolute Gasteiger partial charge is 0.193 e. The van der Waals surface area contributed by atoms with Crippen LogP contribution in [0.4, 0.5) is 0 Å². The Morgan fingerprint density at radius 1 is 1.65 bits per heavy atom. The first-order valence-corrected chi connectivity index (χ1v) is 8.20. The van der Waals surface area contributed by atoms with Crippen molar-refractivity contribution in [3.8, 4) is 0 Å². The number of aromatic nitrogens is 2. The number of imidazole rings is 1. The van der Waals surface area contributed by atoms with Crippen LogP contribution in [0.5, 0.6) is 0 Å². The average Bonchev–Trinajstić information content (AvgIpc) is 2.83. The fourth-order valence-corrected chi connectivity index (χ4v) is 2.99. The molecule has 0 saturated carbocycles. The normalized spacial score (nSPS) is 15.2. The van der Waals surface area contributed by atoms with Crippen LogP contribution in [0.15, 0.2) is 17.8 Å². The van der Waals surface area contributed by atoms with Crippen molar-refractivity contribution in [2.45, 2.75) is 25.9 Å². The van der Waals surface area contributed by atoms with E-state index in [4.69, 9.17) is 0 Å². The second-order valence-corrected chi connectivity index (χ2v) is 6.60. The van der Waals surface area contributed by atoms with E-state index >= 15 is 0 Å². The van der Waals surface area contributed by atoms with E-state index in [0.717, 1.165) is 29.4 Å². The Balaban J connectivity index is 1.81. The number of hydrogen-bond acceptors (Lipinski definition) is 4. The van der Waals surface area contributed by atoms with Crippen LogP contribution in [-0.4, -0.2) is 31.6 Å². The molecule has 0 spiro atoms. The molecule has 0 radical (unpaired) electrons. The highest BCUT2D eigenvalue weighted by Crippen LogP contribution is 2.11. The Morgan fingerprint density at radius 2 is 2.47 bits per heavy atom.